The summed E-state index contributed by atoms with van der Waals surface area (Å²) in [5.74, 6) is 2.73. The Bertz CT molecular complexity index is 2070. The number of aryl methyl sites for hydroxylation is 2. The Morgan fingerprint density at radius 3 is 1.33 bits per heavy atom. The van der Waals surface area contributed by atoms with E-state index in [1.165, 1.54) is 0 Å². The predicted octanol–water partition coefficient (Wildman–Crippen LogP) is 9.89. The first-order chi connectivity index (χ1) is 21.0. The summed E-state index contributed by atoms with van der Waals surface area (Å²) in [4.78, 5) is 0. The highest BCUT2D eigenvalue weighted by atomic mass is 16.5. The van der Waals surface area contributed by atoms with E-state index in [-0.39, 0.29) is 5.57 Å². The standard InChI is InChI=1S/C38H24N2O3/c1-23-31-7-3-5-9-33(31)42-37(23)27-15-11-25(12-16-27)35-19-29(30(21-39)22-40)20-36(41-35)26-13-17-28(18-14-26)38-24(2)32-8-4-6-10-34(32)43-38/h3-20H,1-2H3. The first-order valence-corrected chi connectivity index (χ1v) is 13.9. The van der Waals surface area contributed by atoms with Crippen molar-refractivity contribution >= 4 is 33.5 Å². The molecule has 0 atom stereocenters. The normalized spacial score (nSPS) is 12.8. The number of hydrogen-bond donors (Lipinski definition) is 0. The van der Waals surface area contributed by atoms with Gasteiger partial charge < -0.3 is 13.6 Å². The zero-order chi connectivity index (χ0) is 29.5. The molecular formula is C38H24N2O3. The van der Waals surface area contributed by atoms with Gasteiger partial charge in [0.05, 0.1) is 0 Å². The molecule has 3 heterocycles. The molecule has 4 aromatic carbocycles. The fourth-order valence-corrected chi connectivity index (χ4v) is 5.56. The van der Waals surface area contributed by atoms with Crippen LogP contribution in [0.3, 0.4) is 0 Å². The minimum atomic E-state index is 0.0161. The van der Waals surface area contributed by atoms with Crippen LogP contribution in [-0.4, -0.2) is 0 Å². The summed E-state index contributed by atoms with van der Waals surface area (Å²) >= 11 is 0. The highest BCUT2D eigenvalue weighted by Gasteiger charge is 2.20. The van der Waals surface area contributed by atoms with Crippen molar-refractivity contribution < 1.29 is 13.6 Å². The molecule has 0 spiro atoms. The van der Waals surface area contributed by atoms with E-state index in [2.05, 4.69) is 26.0 Å². The number of nitriles is 2. The van der Waals surface area contributed by atoms with Crippen LogP contribution in [-0.2, 0) is 4.74 Å². The summed E-state index contributed by atoms with van der Waals surface area (Å²) in [7, 11) is 0. The van der Waals surface area contributed by atoms with E-state index >= 15 is 0 Å². The second-order valence-corrected chi connectivity index (χ2v) is 10.4. The fraction of sp³-hybridized carbons (Fsp3) is 0.0526. The molecule has 0 saturated heterocycles. The molecule has 204 valence electrons. The Hall–Kier alpha value is -6.04. The SMILES string of the molecule is Cc1c(-c2ccc(C3=CC(=C(C#N)C#N)C=C(c4ccc(-c5oc6ccccc6c5C)cc4)O3)cc2)oc2ccccc12. The highest BCUT2D eigenvalue weighted by Crippen LogP contribution is 2.38. The third-order valence-electron chi connectivity index (χ3n) is 7.86. The van der Waals surface area contributed by atoms with E-state index < -0.39 is 0 Å². The molecule has 0 bridgehead atoms. The molecule has 0 unspecified atom stereocenters. The van der Waals surface area contributed by atoms with E-state index in [0.717, 1.165) is 66.8 Å². The quantitative estimate of drug-likeness (QED) is 0.202. The van der Waals surface area contributed by atoms with Gasteiger partial charge in [0.1, 0.15) is 51.9 Å². The highest BCUT2D eigenvalue weighted by molar-refractivity contribution is 5.89. The molecule has 6 aromatic rings. The minimum Gasteiger partial charge on any atom is -0.456 e. The summed E-state index contributed by atoms with van der Waals surface area (Å²) in [6, 6.07) is 35.8. The van der Waals surface area contributed by atoms with Gasteiger partial charge in [-0.15, -0.1) is 0 Å². The number of fused-ring (bicyclic) bond motifs is 2. The van der Waals surface area contributed by atoms with Crippen LogP contribution >= 0.6 is 0 Å². The van der Waals surface area contributed by atoms with Crippen LogP contribution in [0.15, 0.2) is 129 Å². The van der Waals surface area contributed by atoms with Crippen molar-refractivity contribution in [3.63, 3.8) is 0 Å². The minimum absolute atomic E-state index is 0.0161. The van der Waals surface area contributed by atoms with Gasteiger partial charge in [-0.25, -0.2) is 0 Å². The van der Waals surface area contributed by atoms with Gasteiger partial charge >= 0.3 is 0 Å². The number of rotatable bonds is 4. The van der Waals surface area contributed by atoms with Crippen molar-refractivity contribution in [2.24, 2.45) is 0 Å². The van der Waals surface area contributed by atoms with Crippen molar-refractivity contribution in [3.05, 3.63) is 143 Å². The van der Waals surface area contributed by atoms with Gasteiger partial charge in [-0.2, -0.15) is 10.5 Å². The number of nitrogens with zero attached hydrogens (tertiary/aromatic N) is 2. The molecular weight excluding hydrogens is 532 g/mol. The molecule has 5 heteroatoms. The van der Waals surface area contributed by atoms with Gasteiger partial charge in [-0.05, 0) is 38.1 Å². The maximum absolute atomic E-state index is 9.64. The van der Waals surface area contributed by atoms with Gasteiger partial charge in [0.2, 0.25) is 0 Å². The number of ether oxygens (including phenoxy) is 1. The van der Waals surface area contributed by atoms with Crippen LogP contribution in [0.5, 0.6) is 0 Å². The second-order valence-electron chi connectivity index (χ2n) is 10.4. The molecule has 0 radical (unpaired) electrons. The Kier molecular flexibility index (Phi) is 6.27. The molecule has 7 rings (SSSR count). The lowest BCUT2D eigenvalue weighted by Gasteiger charge is -2.19. The van der Waals surface area contributed by atoms with Crippen molar-refractivity contribution in [2.45, 2.75) is 13.8 Å². The van der Waals surface area contributed by atoms with Crippen LogP contribution in [0.2, 0.25) is 0 Å². The molecule has 0 aliphatic carbocycles. The fourth-order valence-electron chi connectivity index (χ4n) is 5.56. The van der Waals surface area contributed by atoms with Crippen molar-refractivity contribution in [1.82, 2.24) is 0 Å². The average molecular weight is 557 g/mol. The van der Waals surface area contributed by atoms with Crippen LogP contribution < -0.4 is 0 Å². The largest absolute Gasteiger partial charge is 0.456 e. The van der Waals surface area contributed by atoms with Crippen LogP contribution in [0.4, 0.5) is 0 Å². The van der Waals surface area contributed by atoms with E-state index in [0.29, 0.717) is 17.1 Å². The molecule has 0 amide bonds. The maximum atomic E-state index is 9.64. The van der Waals surface area contributed by atoms with Crippen LogP contribution in [0.1, 0.15) is 22.3 Å². The monoisotopic (exact) mass is 556 g/mol. The van der Waals surface area contributed by atoms with Crippen molar-refractivity contribution in [3.8, 4) is 34.8 Å². The summed E-state index contributed by atoms with van der Waals surface area (Å²) in [5.41, 5.74) is 7.90. The summed E-state index contributed by atoms with van der Waals surface area (Å²) in [6.45, 7) is 4.12. The second kappa shape index (κ2) is 10.4. The molecule has 1 aliphatic rings. The predicted molar refractivity (Wildman–Crippen MR) is 168 cm³/mol. The smallest absolute Gasteiger partial charge is 0.138 e. The summed E-state index contributed by atoms with van der Waals surface area (Å²) < 4.78 is 18.7. The average Bonchev–Trinajstić information content (AvgIpc) is 3.58. The zero-order valence-corrected chi connectivity index (χ0v) is 23.5. The first kappa shape index (κ1) is 25.9. The summed E-state index contributed by atoms with van der Waals surface area (Å²) in [6.07, 6.45) is 3.47. The van der Waals surface area contributed by atoms with E-state index in [4.69, 9.17) is 13.6 Å². The van der Waals surface area contributed by atoms with E-state index in [9.17, 15) is 10.5 Å². The summed E-state index contributed by atoms with van der Waals surface area (Å²) in [5, 5.41) is 21.5. The number of allylic oxidation sites excluding steroid dienone is 4. The molecule has 0 fully saturated rings. The van der Waals surface area contributed by atoms with Gasteiger partial charge in [0.25, 0.3) is 0 Å². The molecule has 5 nitrogen and oxygen atoms in total. The number of furan rings is 2. The molecule has 1 aliphatic heterocycles. The third kappa shape index (κ3) is 4.50. The Balaban J connectivity index is 1.22. The number of benzene rings is 4. The van der Waals surface area contributed by atoms with E-state index in [1.807, 2.05) is 97.1 Å². The lowest BCUT2D eigenvalue weighted by molar-refractivity contribution is 0.467. The molecule has 0 saturated carbocycles. The lowest BCUT2D eigenvalue weighted by Crippen LogP contribution is -2.01. The lowest BCUT2D eigenvalue weighted by atomic mass is 9.99. The van der Waals surface area contributed by atoms with Crippen LogP contribution in [0, 0.1) is 36.5 Å². The van der Waals surface area contributed by atoms with Crippen LogP contribution in [0.25, 0.3) is 56.1 Å². The Labute approximate surface area is 248 Å². The van der Waals surface area contributed by atoms with Gasteiger partial charge in [-0.1, -0.05) is 84.9 Å². The third-order valence-corrected chi connectivity index (χ3v) is 7.86. The first-order valence-electron chi connectivity index (χ1n) is 13.9. The maximum Gasteiger partial charge on any atom is 0.138 e. The van der Waals surface area contributed by atoms with Crippen molar-refractivity contribution in [2.75, 3.05) is 0 Å². The topological polar surface area (TPSA) is 83.1 Å². The molecule has 2 aromatic heterocycles. The Morgan fingerprint density at radius 2 is 0.930 bits per heavy atom. The number of hydrogen-bond acceptors (Lipinski definition) is 5. The zero-order valence-electron chi connectivity index (χ0n) is 23.5. The van der Waals surface area contributed by atoms with Gasteiger partial charge in [-0.3, -0.25) is 0 Å². The number of para-hydroxylation sites is 2. The molecule has 43 heavy (non-hydrogen) atoms. The Morgan fingerprint density at radius 1 is 0.535 bits per heavy atom. The van der Waals surface area contributed by atoms with E-state index in [1.54, 1.807) is 12.2 Å². The molecule has 0 N–H and O–H groups in total. The van der Waals surface area contributed by atoms with Gasteiger partial charge in [0, 0.05) is 49.7 Å². The van der Waals surface area contributed by atoms with Gasteiger partial charge in [0.15, 0.2) is 0 Å². The van der Waals surface area contributed by atoms with Crippen molar-refractivity contribution in [1.29, 1.82) is 10.5 Å².